The van der Waals surface area contributed by atoms with Gasteiger partial charge in [-0.3, -0.25) is 0 Å². The van der Waals surface area contributed by atoms with Gasteiger partial charge in [0.25, 0.3) is 0 Å². The third-order valence-electron chi connectivity index (χ3n) is 1.04. The third-order valence-corrected chi connectivity index (χ3v) is 2.64. The van der Waals surface area contributed by atoms with E-state index in [0.717, 1.165) is 10.6 Å². The lowest BCUT2D eigenvalue weighted by atomic mass is 10.6. The van der Waals surface area contributed by atoms with Crippen molar-refractivity contribution >= 4 is 35.0 Å². The first kappa shape index (κ1) is 9.84. The van der Waals surface area contributed by atoms with E-state index in [0.29, 0.717) is 10.3 Å². The van der Waals surface area contributed by atoms with Gasteiger partial charge >= 0.3 is 0 Å². The van der Waals surface area contributed by atoms with Crippen molar-refractivity contribution in [2.75, 3.05) is 5.75 Å². The van der Waals surface area contributed by atoms with Crippen LogP contribution in [0.4, 0.5) is 0 Å². The molecule has 0 unspecified atom stereocenters. The molecular formula is C7H6Cl2N2S. The molecule has 0 saturated carbocycles. The quantitative estimate of drug-likeness (QED) is 0.579. The Morgan fingerprint density at radius 3 is 2.92 bits per heavy atom. The van der Waals surface area contributed by atoms with E-state index in [9.17, 15) is 0 Å². The summed E-state index contributed by atoms with van der Waals surface area (Å²) in [6, 6.07) is 1.69. The van der Waals surface area contributed by atoms with Crippen LogP contribution in [0.3, 0.4) is 0 Å². The van der Waals surface area contributed by atoms with Crippen molar-refractivity contribution in [2.24, 2.45) is 0 Å². The molecule has 64 valence electrons. The topological polar surface area (TPSA) is 25.8 Å². The molecular weight excluding hydrogens is 215 g/mol. The average molecular weight is 221 g/mol. The Hall–Kier alpha value is -0.250. The number of hydrogen-bond acceptors (Lipinski definition) is 3. The fraction of sp³-hybridized carbons (Fsp3) is 0.143. The minimum absolute atomic E-state index is 0.353. The normalized spacial score (nSPS) is 9.83. The van der Waals surface area contributed by atoms with E-state index in [-0.39, 0.29) is 0 Å². The molecule has 0 aliphatic rings. The van der Waals surface area contributed by atoms with Crippen molar-refractivity contribution < 1.29 is 0 Å². The van der Waals surface area contributed by atoms with Crippen LogP contribution >= 0.6 is 35.0 Å². The number of halogens is 2. The first-order chi connectivity index (χ1) is 5.74. The first-order valence-corrected chi connectivity index (χ1v) is 4.90. The monoisotopic (exact) mass is 220 g/mol. The van der Waals surface area contributed by atoms with E-state index in [1.165, 1.54) is 11.8 Å². The number of thioether (sulfide) groups is 1. The van der Waals surface area contributed by atoms with Crippen molar-refractivity contribution in [2.45, 2.75) is 4.90 Å². The van der Waals surface area contributed by atoms with Gasteiger partial charge in [0.2, 0.25) is 0 Å². The molecule has 1 heterocycles. The van der Waals surface area contributed by atoms with Crippen molar-refractivity contribution in [3.05, 3.63) is 29.0 Å². The molecule has 0 aliphatic heterocycles. The lowest BCUT2D eigenvalue weighted by Gasteiger charge is -1.99. The predicted molar refractivity (Wildman–Crippen MR) is 53.0 cm³/mol. The van der Waals surface area contributed by atoms with Crippen LogP contribution in [-0.4, -0.2) is 16.0 Å². The molecule has 0 saturated heterocycles. The van der Waals surface area contributed by atoms with E-state index in [2.05, 4.69) is 16.8 Å². The van der Waals surface area contributed by atoms with E-state index in [1.54, 1.807) is 12.1 Å². The van der Waals surface area contributed by atoms with Crippen LogP contribution in [0.2, 0.25) is 10.3 Å². The minimum Gasteiger partial charge on any atom is -0.137 e. The van der Waals surface area contributed by atoms with Crippen LogP contribution in [0.15, 0.2) is 23.6 Å². The molecule has 5 heteroatoms. The number of rotatable bonds is 3. The molecule has 1 aromatic heterocycles. The summed E-state index contributed by atoms with van der Waals surface area (Å²) in [5, 5.41) is 7.99. The maximum absolute atomic E-state index is 5.74. The Morgan fingerprint density at radius 2 is 2.25 bits per heavy atom. The second-order valence-electron chi connectivity index (χ2n) is 1.92. The molecule has 0 spiro atoms. The van der Waals surface area contributed by atoms with E-state index < -0.39 is 0 Å². The Bertz CT molecular complexity index is 291. The Labute approximate surface area is 85.0 Å². The van der Waals surface area contributed by atoms with Crippen LogP contribution in [-0.2, 0) is 0 Å². The highest BCUT2D eigenvalue weighted by atomic mass is 35.5. The zero-order valence-electron chi connectivity index (χ0n) is 6.13. The van der Waals surface area contributed by atoms with Gasteiger partial charge in [-0.05, 0) is 6.07 Å². The molecule has 0 N–H and O–H groups in total. The maximum atomic E-state index is 5.74. The minimum atomic E-state index is 0.353. The summed E-state index contributed by atoms with van der Waals surface area (Å²) in [5.74, 6) is 0.780. The molecule has 0 radical (unpaired) electrons. The Balaban J connectivity index is 2.82. The number of aromatic nitrogens is 2. The van der Waals surface area contributed by atoms with Gasteiger partial charge in [-0.1, -0.05) is 29.3 Å². The van der Waals surface area contributed by atoms with E-state index >= 15 is 0 Å². The first-order valence-electron chi connectivity index (χ1n) is 3.16. The second kappa shape index (κ2) is 4.70. The zero-order valence-corrected chi connectivity index (χ0v) is 8.46. The van der Waals surface area contributed by atoms with Gasteiger partial charge < -0.3 is 0 Å². The van der Waals surface area contributed by atoms with Crippen LogP contribution in [0.5, 0.6) is 0 Å². The average Bonchev–Trinajstić information content (AvgIpc) is 2.07. The largest absolute Gasteiger partial charge is 0.165 e. The van der Waals surface area contributed by atoms with Gasteiger partial charge in [0, 0.05) is 5.75 Å². The summed E-state index contributed by atoms with van der Waals surface area (Å²) >= 11 is 12.9. The molecule has 0 amide bonds. The van der Waals surface area contributed by atoms with E-state index in [4.69, 9.17) is 23.2 Å². The Kier molecular flexibility index (Phi) is 3.85. The summed E-state index contributed by atoms with van der Waals surface area (Å²) in [4.78, 5) is 0.830. The van der Waals surface area contributed by atoms with Gasteiger partial charge in [-0.2, -0.15) is 0 Å². The fourth-order valence-corrected chi connectivity index (χ4v) is 1.71. The second-order valence-corrected chi connectivity index (χ2v) is 3.73. The summed E-state index contributed by atoms with van der Waals surface area (Å²) in [7, 11) is 0. The zero-order chi connectivity index (χ0) is 8.97. The van der Waals surface area contributed by atoms with Crippen LogP contribution in [0.25, 0.3) is 0 Å². The smallest absolute Gasteiger partial charge is 0.137 e. The van der Waals surface area contributed by atoms with Gasteiger partial charge in [0.05, 0.1) is 4.90 Å². The number of hydrogen-bond donors (Lipinski definition) is 0. The lowest BCUT2D eigenvalue weighted by molar-refractivity contribution is 0.998. The highest BCUT2D eigenvalue weighted by molar-refractivity contribution is 7.99. The van der Waals surface area contributed by atoms with Gasteiger partial charge in [-0.15, -0.1) is 28.5 Å². The van der Waals surface area contributed by atoms with Crippen molar-refractivity contribution in [3.8, 4) is 0 Å². The van der Waals surface area contributed by atoms with Gasteiger partial charge in [-0.25, -0.2) is 0 Å². The SMILES string of the molecule is C=CCSc1cc(Cl)nnc1Cl. The van der Waals surface area contributed by atoms with Crippen LogP contribution in [0.1, 0.15) is 0 Å². The summed E-state index contributed by atoms with van der Waals surface area (Å²) in [6.07, 6.45) is 1.79. The molecule has 1 aromatic rings. The molecule has 0 aromatic carbocycles. The molecule has 12 heavy (non-hydrogen) atoms. The predicted octanol–water partition coefficient (Wildman–Crippen LogP) is 3.06. The van der Waals surface area contributed by atoms with Gasteiger partial charge in [0.1, 0.15) is 0 Å². The summed E-state index contributed by atoms with van der Waals surface area (Å²) < 4.78 is 0. The van der Waals surface area contributed by atoms with Crippen LogP contribution < -0.4 is 0 Å². The van der Waals surface area contributed by atoms with Crippen molar-refractivity contribution in [1.29, 1.82) is 0 Å². The number of nitrogens with zero attached hydrogens (tertiary/aromatic N) is 2. The molecule has 1 rings (SSSR count). The van der Waals surface area contributed by atoms with E-state index in [1.807, 2.05) is 0 Å². The van der Waals surface area contributed by atoms with Crippen LogP contribution in [0, 0.1) is 0 Å². The lowest BCUT2D eigenvalue weighted by Crippen LogP contribution is -1.86. The fourth-order valence-electron chi connectivity index (χ4n) is 0.587. The third kappa shape index (κ3) is 2.66. The highest BCUT2D eigenvalue weighted by Crippen LogP contribution is 2.26. The summed E-state index contributed by atoms with van der Waals surface area (Å²) in [6.45, 7) is 3.59. The molecule has 2 nitrogen and oxygen atoms in total. The molecule has 0 aliphatic carbocycles. The van der Waals surface area contributed by atoms with Gasteiger partial charge in [0.15, 0.2) is 10.3 Å². The maximum Gasteiger partial charge on any atom is 0.165 e. The van der Waals surface area contributed by atoms with Crippen molar-refractivity contribution in [3.63, 3.8) is 0 Å². The Morgan fingerprint density at radius 1 is 1.50 bits per heavy atom. The standard InChI is InChI=1S/C7H6Cl2N2S/c1-2-3-12-5-4-6(8)10-11-7(5)9/h2,4H,1,3H2. The molecule has 0 atom stereocenters. The highest BCUT2D eigenvalue weighted by Gasteiger charge is 2.02. The molecule has 0 fully saturated rings. The van der Waals surface area contributed by atoms with Crippen molar-refractivity contribution in [1.82, 2.24) is 10.2 Å². The molecule has 0 bridgehead atoms. The summed E-state index contributed by atoms with van der Waals surface area (Å²) in [5.41, 5.74) is 0.